The van der Waals surface area contributed by atoms with Gasteiger partial charge in [0.05, 0.1) is 19.1 Å². The zero-order valence-corrected chi connectivity index (χ0v) is 18.0. The largest absolute Gasteiger partial charge is 0.495 e. The Labute approximate surface area is 178 Å². The molecule has 1 aliphatic rings. The number of methoxy groups -OCH3 is 1. The quantitative estimate of drug-likeness (QED) is 0.550. The van der Waals surface area contributed by atoms with Crippen LogP contribution in [0.4, 0.5) is 5.69 Å². The molecule has 0 radical (unpaired) electrons. The minimum absolute atomic E-state index is 0.0204. The molecule has 1 amide bonds. The Balaban J connectivity index is 1.62. The van der Waals surface area contributed by atoms with Crippen molar-refractivity contribution in [2.75, 3.05) is 65.4 Å². The Morgan fingerprint density at radius 2 is 1.93 bits per heavy atom. The summed E-state index contributed by atoms with van der Waals surface area (Å²) in [5.41, 5.74) is 1.10. The lowest BCUT2D eigenvalue weighted by Gasteiger charge is -2.38. The van der Waals surface area contributed by atoms with Crippen LogP contribution in [-0.2, 0) is 11.2 Å². The van der Waals surface area contributed by atoms with Gasteiger partial charge in [-0.25, -0.2) is 4.99 Å². The summed E-state index contributed by atoms with van der Waals surface area (Å²) in [6.45, 7) is 4.13. The van der Waals surface area contributed by atoms with E-state index in [1.807, 2.05) is 30.3 Å². The fraction of sp³-hybridized carbons (Fsp3) is 0.455. The molecular weight excluding hydrogens is 382 g/mol. The number of hydrogen-bond donors (Lipinski definition) is 1. The molecule has 1 fully saturated rings. The minimum atomic E-state index is -0.0204. The lowest BCUT2D eigenvalue weighted by atomic mass is 10.2. The second-order valence-corrected chi connectivity index (χ2v) is 7.33. The lowest BCUT2D eigenvalue weighted by Crippen LogP contribution is -2.53. The van der Waals surface area contributed by atoms with Gasteiger partial charge in [0.15, 0.2) is 5.96 Å². The standard InChI is InChI=1S/C22H31N5O3/c1-25(2)21(28)17-24-22(23-11-10-18-7-6-16-30-18)27-14-12-26(13-15-27)19-8-4-5-9-20(19)29-3/h4-9,16H,10-15,17H2,1-3H3,(H,23,24). The van der Waals surface area contributed by atoms with Gasteiger partial charge < -0.3 is 29.2 Å². The van der Waals surface area contributed by atoms with Gasteiger partial charge in [0, 0.05) is 53.2 Å². The number of benzene rings is 1. The molecule has 162 valence electrons. The second kappa shape index (κ2) is 10.6. The number of furan rings is 1. The van der Waals surface area contributed by atoms with E-state index in [0.717, 1.165) is 55.8 Å². The molecule has 0 aliphatic carbocycles. The highest BCUT2D eigenvalue weighted by atomic mass is 16.5. The summed E-state index contributed by atoms with van der Waals surface area (Å²) >= 11 is 0. The molecule has 8 heteroatoms. The SMILES string of the molecule is COc1ccccc1N1CCN(C(=NCC(=O)N(C)C)NCCc2ccco2)CC1. The zero-order chi connectivity index (χ0) is 21.3. The number of carbonyl (C=O) groups is 1. The lowest BCUT2D eigenvalue weighted by molar-refractivity contribution is -0.127. The van der Waals surface area contributed by atoms with Crippen LogP contribution in [0.5, 0.6) is 5.75 Å². The van der Waals surface area contributed by atoms with Crippen LogP contribution in [-0.4, -0.2) is 82.1 Å². The number of likely N-dealkylation sites (N-methyl/N-ethyl adjacent to an activating group) is 1. The number of aliphatic imine (C=N–C) groups is 1. The molecule has 2 aromatic rings. The Kier molecular flexibility index (Phi) is 7.59. The van der Waals surface area contributed by atoms with Crippen molar-refractivity contribution in [3.05, 3.63) is 48.4 Å². The molecule has 1 aromatic carbocycles. The first-order chi connectivity index (χ1) is 14.6. The summed E-state index contributed by atoms with van der Waals surface area (Å²) in [6.07, 6.45) is 2.44. The predicted octanol–water partition coefficient (Wildman–Crippen LogP) is 1.69. The number of nitrogens with zero attached hydrogens (tertiary/aromatic N) is 4. The smallest absolute Gasteiger partial charge is 0.243 e. The molecule has 0 atom stereocenters. The van der Waals surface area contributed by atoms with E-state index in [1.54, 1.807) is 32.4 Å². The van der Waals surface area contributed by atoms with Crippen molar-refractivity contribution < 1.29 is 13.9 Å². The van der Waals surface area contributed by atoms with Gasteiger partial charge >= 0.3 is 0 Å². The van der Waals surface area contributed by atoms with Gasteiger partial charge in [-0.05, 0) is 24.3 Å². The highest BCUT2D eigenvalue weighted by molar-refractivity contribution is 5.85. The number of amides is 1. The van der Waals surface area contributed by atoms with Crippen LogP contribution in [0.25, 0.3) is 0 Å². The molecule has 0 spiro atoms. The van der Waals surface area contributed by atoms with E-state index in [2.05, 4.69) is 26.2 Å². The van der Waals surface area contributed by atoms with E-state index in [9.17, 15) is 4.79 Å². The summed E-state index contributed by atoms with van der Waals surface area (Å²) < 4.78 is 10.9. The number of para-hydroxylation sites is 2. The third kappa shape index (κ3) is 5.68. The summed E-state index contributed by atoms with van der Waals surface area (Å²) in [5, 5.41) is 3.40. The number of ether oxygens (including phenoxy) is 1. The maximum absolute atomic E-state index is 12.0. The molecule has 1 aromatic heterocycles. The second-order valence-electron chi connectivity index (χ2n) is 7.33. The zero-order valence-electron chi connectivity index (χ0n) is 18.0. The van der Waals surface area contributed by atoms with Gasteiger partial charge in [-0.2, -0.15) is 0 Å². The summed E-state index contributed by atoms with van der Waals surface area (Å²) in [6, 6.07) is 11.9. The van der Waals surface area contributed by atoms with Crippen LogP contribution in [0.2, 0.25) is 0 Å². The van der Waals surface area contributed by atoms with Crippen molar-refractivity contribution in [3.8, 4) is 5.75 Å². The molecule has 0 saturated carbocycles. The van der Waals surface area contributed by atoms with Crippen LogP contribution in [0.15, 0.2) is 52.1 Å². The van der Waals surface area contributed by atoms with E-state index in [4.69, 9.17) is 9.15 Å². The van der Waals surface area contributed by atoms with Crippen LogP contribution >= 0.6 is 0 Å². The molecule has 1 aliphatic heterocycles. The third-order valence-electron chi connectivity index (χ3n) is 5.10. The van der Waals surface area contributed by atoms with Gasteiger partial charge in [0.1, 0.15) is 18.1 Å². The summed E-state index contributed by atoms with van der Waals surface area (Å²) in [5.74, 6) is 2.55. The molecule has 0 unspecified atom stereocenters. The van der Waals surface area contributed by atoms with E-state index in [-0.39, 0.29) is 12.5 Å². The fourth-order valence-corrected chi connectivity index (χ4v) is 3.35. The van der Waals surface area contributed by atoms with Crippen molar-refractivity contribution in [2.45, 2.75) is 6.42 Å². The Morgan fingerprint density at radius 3 is 2.60 bits per heavy atom. The summed E-state index contributed by atoms with van der Waals surface area (Å²) in [7, 11) is 5.19. The number of nitrogens with one attached hydrogen (secondary N) is 1. The molecular formula is C22H31N5O3. The van der Waals surface area contributed by atoms with Crippen molar-refractivity contribution in [1.29, 1.82) is 0 Å². The van der Waals surface area contributed by atoms with Crippen molar-refractivity contribution >= 4 is 17.6 Å². The monoisotopic (exact) mass is 413 g/mol. The Bertz CT molecular complexity index is 827. The maximum atomic E-state index is 12.0. The fourth-order valence-electron chi connectivity index (χ4n) is 3.35. The number of rotatable bonds is 7. The molecule has 30 heavy (non-hydrogen) atoms. The number of hydrogen-bond acceptors (Lipinski definition) is 5. The normalized spacial score (nSPS) is 14.6. The molecule has 3 rings (SSSR count). The van der Waals surface area contributed by atoms with Crippen molar-refractivity contribution in [1.82, 2.24) is 15.1 Å². The molecule has 1 N–H and O–H groups in total. The van der Waals surface area contributed by atoms with E-state index in [1.165, 1.54) is 0 Å². The number of anilines is 1. The highest BCUT2D eigenvalue weighted by Crippen LogP contribution is 2.28. The Hall–Kier alpha value is -3.16. The van der Waals surface area contributed by atoms with Crippen LogP contribution in [0, 0.1) is 0 Å². The molecule has 0 bridgehead atoms. The topological polar surface area (TPSA) is 73.6 Å². The van der Waals surface area contributed by atoms with Gasteiger partial charge in [-0.1, -0.05) is 12.1 Å². The number of piperazine rings is 1. The van der Waals surface area contributed by atoms with Crippen molar-refractivity contribution in [3.63, 3.8) is 0 Å². The Morgan fingerprint density at radius 1 is 1.17 bits per heavy atom. The maximum Gasteiger partial charge on any atom is 0.243 e. The number of guanidine groups is 1. The van der Waals surface area contributed by atoms with E-state index in [0.29, 0.717) is 6.54 Å². The third-order valence-corrected chi connectivity index (χ3v) is 5.10. The van der Waals surface area contributed by atoms with Gasteiger partial charge in [-0.15, -0.1) is 0 Å². The van der Waals surface area contributed by atoms with Crippen molar-refractivity contribution in [2.24, 2.45) is 4.99 Å². The van der Waals surface area contributed by atoms with Gasteiger partial charge in [0.25, 0.3) is 0 Å². The first-order valence-corrected chi connectivity index (χ1v) is 10.2. The van der Waals surface area contributed by atoms with Crippen LogP contribution < -0.4 is 15.0 Å². The first-order valence-electron chi connectivity index (χ1n) is 10.2. The summed E-state index contributed by atoms with van der Waals surface area (Å²) in [4.78, 5) is 22.7. The van der Waals surface area contributed by atoms with Gasteiger partial charge in [0.2, 0.25) is 5.91 Å². The molecule has 2 heterocycles. The minimum Gasteiger partial charge on any atom is -0.495 e. The first kappa shape index (κ1) is 21.5. The average molecular weight is 414 g/mol. The average Bonchev–Trinajstić information content (AvgIpc) is 3.29. The predicted molar refractivity (Wildman–Crippen MR) is 118 cm³/mol. The van der Waals surface area contributed by atoms with E-state index < -0.39 is 0 Å². The van der Waals surface area contributed by atoms with Crippen LogP contribution in [0.3, 0.4) is 0 Å². The van der Waals surface area contributed by atoms with Gasteiger partial charge in [-0.3, -0.25) is 4.79 Å². The van der Waals surface area contributed by atoms with E-state index >= 15 is 0 Å². The number of carbonyl (C=O) groups excluding carboxylic acids is 1. The van der Waals surface area contributed by atoms with Crippen LogP contribution in [0.1, 0.15) is 5.76 Å². The molecule has 1 saturated heterocycles. The highest BCUT2D eigenvalue weighted by Gasteiger charge is 2.22. The molecule has 8 nitrogen and oxygen atoms in total.